The number of nitriles is 2. The van der Waals surface area contributed by atoms with Crippen molar-refractivity contribution in [2.24, 2.45) is 0 Å². The van der Waals surface area contributed by atoms with Crippen LogP contribution in [0, 0.1) is 36.5 Å². The SMILES string of the molecule is CNCc1cccc(Oc2cc(C)ccc2C#N)c1.Cc1ccc(C#N)c(Oc2cccc(C=O)c2)c1.O=C(O)C=CC(=O)O. The highest BCUT2D eigenvalue weighted by atomic mass is 16.5. The van der Waals surface area contributed by atoms with Gasteiger partial charge in [-0.2, -0.15) is 10.5 Å². The first kappa shape index (κ1) is 35.0. The molecule has 0 spiro atoms. The summed E-state index contributed by atoms with van der Waals surface area (Å²) in [6.07, 6.45) is 1.87. The molecule has 4 aromatic rings. The fourth-order valence-corrected chi connectivity index (χ4v) is 3.58. The van der Waals surface area contributed by atoms with Crippen molar-refractivity contribution in [1.82, 2.24) is 5.32 Å². The van der Waals surface area contributed by atoms with Crippen molar-refractivity contribution in [3.8, 4) is 35.1 Å². The number of carbonyl (C=O) groups is 3. The number of aryl methyl sites for hydroxylation is 2. The number of hydrogen-bond acceptors (Lipinski definition) is 8. The van der Waals surface area contributed by atoms with Crippen LogP contribution in [0.2, 0.25) is 0 Å². The van der Waals surface area contributed by atoms with Crippen molar-refractivity contribution < 1.29 is 34.1 Å². The molecule has 0 amide bonds. The highest BCUT2D eigenvalue weighted by Crippen LogP contribution is 2.27. The Kier molecular flexibility index (Phi) is 14.3. The number of benzene rings is 4. The molecule has 10 heteroatoms. The first-order valence-corrected chi connectivity index (χ1v) is 13.4. The Morgan fingerprint density at radius 1 is 0.756 bits per heavy atom. The van der Waals surface area contributed by atoms with Crippen molar-refractivity contribution in [3.63, 3.8) is 0 Å². The van der Waals surface area contributed by atoms with Gasteiger partial charge in [-0.3, -0.25) is 4.79 Å². The average molecular weight is 606 g/mol. The summed E-state index contributed by atoms with van der Waals surface area (Å²) in [6, 6.07) is 29.8. The summed E-state index contributed by atoms with van der Waals surface area (Å²) in [5, 5.41) is 36.8. The molecule has 3 N–H and O–H groups in total. The molecule has 0 fully saturated rings. The predicted molar refractivity (Wildman–Crippen MR) is 167 cm³/mol. The van der Waals surface area contributed by atoms with Crippen molar-refractivity contribution in [2.45, 2.75) is 20.4 Å². The third-order valence-corrected chi connectivity index (χ3v) is 5.61. The molecule has 0 heterocycles. The van der Waals surface area contributed by atoms with E-state index in [0.29, 0.717) is 46.1 Å². The van der Waals surface area contributed by atoms with Gasteiger partial charge in [-0.05, 0) is 86.1 Å². The summed E-state index contributed by atoms with van der Waals surface area (Å²) >= 11 is 0. The minimum atomic E-state index is -1.26. The molecule has 10 nitrogen and oxygen atoms in total. The number of aldehydes is 1. The van der Waals surface area contributed by atoms with E-state index >= 15 is 0 Å². The fourth-order valence-electron chi connectivity index (χ4n) is 3.58. The molecule has 0 aliphatic rings. The van der Waals surface area contributed by atoms with E-state index in [2.05, 4.69) is 17.5 Å². The minimum absolute atomic E-state index is 0.470. The quantitative estimate of drug-likeness (QED) is 0.140. The van der Waals surface area contributed by atoms with Gasteiger partial charge in [-0.15, -0.1) is 0 Å². The number of rotatable bonds is 9. The molecule has 4 rings (SSSR count). The lowest BCUT2D eigenvalue weighted by Gasteiger charge is -2.09. The largest absolute Gasteiger partial charge is 0.478 e. The molecule has 0 atom stereocenters. The first-order chi connectivity index (χ1) is 21.6. The van der Waals surface area contributed by atoms with Crippen LogP contribution in [-0.2, 0) is 16.1 Å². The van der Waals surface area contributed by atoms with E-state index in [0.717, 1.165) is 35.3 Å². The topological polar surface area (TPSA) is 170 Å². The Morgan fingerprint density at radius 2 is 1.24 bits per heavy atom. The van der Waals surface area contributed by atoms with Crippen LogP contribution in [0.5, 0.6) is 23.0 Å². The van der Waals surface area contributed by atoms with Crippen LogP contribution in [0.1, 0.15) is 38.2 Å². The number of hydrogen-bond donors (Lipinski definition) is 3. The van der Waals surface area contributed by atoms with E-state index in [1.165, 1.54) is 0 Å². The third-order valence-electron chi connectivity index (χ3n) is 5.61. The summed E-state index contributed by atoms with van der Waals surface area (Å²) < 4.78 is 11.5. The van der Waals surface area contributed by atoms with Crippen molar-refractivity contribution in [2.75, 3.05) is 7.05 Å². The van der Waals surface area contributed by atoms with Gasteiger partial charge >= 0.3 is 11.9 Å². The Bertz CT molecular complexity index is 1740. The zero-order valence-corrected chi connectivity index (χ0v) is 24.9. The van der Waals surface area contributed by atoms with Crippen LogP contribution in [0.25, 0.3) is 0 Å². The van der Waals surface area contributed by atoms with Crippen LogP contribution in [0.4, 0.5) is 0 Å². The van der Waals surface area contributed by atoms with Crippen molar-refractivity contribution in [1.29, 1.82) is 10.5 Å². The Hall–Kier alpha value is -6.23. The second kappa shape index (κ2) is 18.3. The molecule has 0 saturated carbocycles. The number of carboxylic acids is 2. The summed E-state index contributed by atoms with van der Waals surface area (Å²) in [5.74, 6) is -0.124. The Labute approximate surface area is 261 Å². The Balaban J connectivity index is 0.000000255. The van der Waals surface area contributed by atoms with E-state index in [9.17, 15) is 14.4 Å². The molecular weight excluding hydrogens is 574 g/mol. The fraction of sp³-hybridized carbons (Fsp3) is 0.114. The van der Waals surface area contributed by atoms with E-state index in [-0.39, 0.29) is 0 Å². The lowest BCUT2D eigenvalue weighted by Crippen LogP contribution is -2.04. The molecule has 4 aromatic carbocycles. The summed E-state index contributed by atoms with van der Waals surface area (Å²) in [5.41, 5.74) is 4.78. The van der Waals surface area contributed by atoms with Crippen molar-refractivity contribution >= 4 is 18.2 Å². The van der Waals surface area contributed by atoms with Gasteiger partial charge in [0.1, 0.15) is 41.4 Å². The van der Waals surface area contributed by atoms with Gasteiger partial charge in [0.15, 0.2) is 0 Å². The molecule has 0 aromatic heterocycles. The summed E-state index contributed by atoms with van der Waals surface area (Å²) in [4.78, 5) is 29.8. The second-order valence-electron chi connectivity index (χ2n) is 9.30. The zero-order chi connectivity index (χ0) is 33.2. The van der Waals surface area contributed by atoms with Crippen LogP contribution in [0.15, 0.2) is 97.1 Å². The van der Waals surface area contributed by atoms with E-state index in [4.69, 9.17) is 30.2 Å². The number of aliphatic carboxylic acids is 2. The third kappa shape index (κ3) is 12.7. The molecule has 0 saturated heterocycles. The summed E-state index contributed by atoms with van der Waals surface area (Å²) in [6.45, 7) is 4.69. The minimum Gasteiger partial charge on any atom is -0.478 e. The van der Waals surface area contributed by atoms with E-state index in [1.807, 2.05) is 63.4 Å². The number of ether oxygens (including phenoxy) is 2. The predicted octanol–water partition coefficient (Wildman–Crippen LogP) is 6.56. The normalized spacial score (nSPS) is 9.71. The molecule has 0 aliphatic heterocycles. The van der Waals surface area contributed by atoms with E-state index in [1.54, 1.807) is 42.5 Å². The van der Waals surface area contributed by atoms with Gasteiger partial charge in [-0.1, -0.05) is 36.4 Å². The van der Waals surface area contributed by atoms with Gasteiger partial charge in [0.25, 0.3) is 0 Å². The number of nitrogens with zero attached hydrogens (tertiary/aromatic N) is 2. The number of carboxylic acid groups (broad SMARTS) is 2. The molecular formula is C35H31N3O7. The highest BCUT2D eigenvalue weighted by molar-refractivity contribution is 5.89. The molecule has 45 heavy (non-hydrogen) atoms. The lowest BCUT2D eigenvalue weighted by molar-refractivity contribution is -0.134. The van der Waals surface area contributed by atoms with Crippen molar-refractivity contribution in [3.05, 3.63) is 130 Å². The van der Waals surface area contributed by atoms with Gasteiger partial charge < -0.3 is 25.0 Å². The average Bonchev–Trinajstić information content (AvgIpc) is 3.01. The van der Waals surface area contributed by atoms with Gasteiger partial charge in [0, 0.05) is 24.3 Å². The molecule has 0 unspecified atom stereocenters. The maximum absolute atomic E-state index is 10.7. The number of carbonyl (C=O) groups excluding carboxylic acids is 1. The molecule has 0 radical (unpaired) electrons. The highest BCUT2D eigenvalue weighted by Gasteiger charge is 2.07. The standard InChI is InChI=1S/C16H16N2O.C15H11NO2.C4H4O4/c1-12-6-7-14(10-17)16(8-12)19-15-5-3-4-13(9-15)11-18-2;1-11-5-6-13(9-16)15(7-11)18-14-4-2-3-12(8-14)10-17;5-3(6)1-2-4(7)8/h3-9,18H,11H2,1-2H3;2-8,10H,1H3;1-2H,(H,5,6)(H,7,8). The molecule has 0 aliphatic carbocycles. The maximum atomic E-state index is 10.7. The molecule has 228 valence electrons. The monoisotopic (exact) mass is 605 g/mol. The second-order valence-corrected chi connectivity index (χ2v) is 9.30. The van der Waals surface area contributed by atoms with Crippen LogP contribution in [0.3, 0.4) is 0 Å². The first-order valence-electron chi connectivity index (χ1n) is 13.4. The van der Waals surface area contributed by atoms with Gasteiger partial charge in [0.05, 0.1) is 11.1 Å². The molecule has 0 bridgehead atoms. The van der Waals surface area contributed by atoms with Gasteiger partial charge in [0.2, 0.25) is 0 Å². The van der Waals surface area contributed by atoms with Crippen LogP contribution >= 0.6 is 0 Å². The van der Waals surface area contributed by atoms with Crippen LogP contribution in [-0.4, -0.2) is 35.5 Å². The van der Waals surface area contributed by atoms with E-state index < -0.39 is 11.9 Å². The Morgan fingerprint density at radius 3 is 1.69 bits per heavy atom. The maximum Gasteiger partial charge on any atom is 0.328 e. The lowest BCUT2D eigenvalue weighted by atomic mass is 10.1. The smallest absolute Gasteiger partial charge is 0.328 e. The van der Waals surface area contributed by atoms with Gasteiger partial charge in [-0.25, -0.2) is 9.59 Å². The van der Waals surface area contributed by atoms with Crippen LogP contribution < -0.4 is 14.8 Å². The zero-order valence-electron chi connectivity index (χ0n) is 24.9. The summed E-state index contributed by atoms with van der Waals surface area (Å²) in [7, 11) is 1.90. The number of nitrogens with one attached hydrogen (secondary N) is 1.